The number of rotatable bonds is 3. The van der Waals surface area contributed by atoms with Crippen LogP contribution in [0.5, 0.6) is 0 Å². The molecule has 1 aliphatic rings. The van der Waals surface area contributed by atoms with Gasteiger partial charge in [-0.25, -0.2) is 4.39 Å². The SMILES string of the molecule is O=C(O)[C@H]1CN(Cc2cc(F)cc(C(F)(F)F)c2)CC[C@@H]1O. The van der Waals surface area contributed by atoms with Gasteiger partial charge in [0.1, 0.15) is 5.82 Å². The van der Waals surface area contributed by atoms with Crippen LogP contribution in [0.15, 0.2) is 18.2 Å². The summed E-state index contributed by atoms with van der Waals surface area (Å²) >= 11 is 0. The number of carboxylic acids is 1. The molecular formula is C14H15F4NO3. The van der Waals surface area contributed by atoms with Crippen molar-refractivity contribution in [2.45, 2.75) is 25.2 Å². The molecule has 2 N–H and O–H groups in total. The number of aliphatic carboxylic acids is 1. The van der Waals surface area contributed by atoms with E-state index in [2.05, 4.69) is 0 Å². The number of hydrogen-bond acceptors (Lipinski definition) is 3. The molecule has 0 amide bonds. The number of halogens is 4. The molecule has 1 aromatic carbocycles. The second-order valence-electron chi connectivity index (χ2n) is 5.38. The Morgan fingerprint density at radius 1 is 1.32 bits per heavy atom. The van der Waals surface area contributed by atoms with E-state index in [4.69, 9.17) is 5.11 Å². The van der Waals surface area contributed by atoms with E-state index in [0.717, 1.165) is 12.1 Å². The van der Waals surface area contributed by atoms with Crippen LogP contribution < -0.4 is 0 Å². The van der Waals surface area contributed by atoms with Gasteiger partial charge in [-0.15, -0.1) is 0 Å². The Morgan fingerprint density at radius 3 is 2.59 bits per heavy atom. The smallest absolute Gasteiger partial charge is 0.416 e. The van der Waals surface area contributed by atoms with E-state index in [1.165, 1.54) is 0 Å². The summed E-state index contributed by atoms with van der Waals surface area (Å²) in [6.45, 7) is 0.342. The minimum Gasteiger partial charge on any atom is -0.481 e. The van der Waals surface area contributed by atoms with Gasteiger partial charge in [0, 0.05) is 19.6 Å². The highest BCUT2D eigenvalue weighted by Gasteiger charge is 2.34. The van der Waals surface area contributed by atoms with Gasteiger partial charge < -0.3 is 10.2 Å². The molecule has 0 aromatic heterocycles. The molecule has 2 rings (SSSR count). The van der Waals surface area contributed by atoms with E-state index >= 15 is 0 Å². The molecule has 1 heterocycles. The van der Waals surface area contributed by atoms with Gasteiger partial charge in [0.2, 0.25) is 0 Å². The number of aliphatic hydroxyl groups is 1. The van der Waals surface area contributed by atoms with E-state index in [1.807, 2.05) is 0 Å². The fraction of sp³-hybridized carbons (Fsp3) is 0.500. The lowest BCUT2D eigenvalue weighted by atomic mass is 9.94. The first-order valence-corrected chi connectivity index (χ1v) is 6.66. The zero-order chi connectivity index (χ0) is 16.5. The molecule has 8 heteroatoms. The minimum absolute atomic E-state index is 0.00264. The highest BCUT2D eigenvalue weighted by atomic mass is 19.4. The summed E-state index contributed by atoms with van der Waals surface area (Å²) in [5.74, 6) is -3.14. The normalized spacial score (nSPS) is 23.5. The van der Waals surface area contributed by atoms with Crippen LogP contribution in [-0.2, 0) is 17.5 Å². The second kappa shape index (κ2) is 6.21. The summed E-state index contributed by atoms with van der Waals surface area (Å²) in [5.41, 5.74) is -0.956. The number of likely N-dealkylation sites (tertiary alicyclic amines) is 1. The van der Waals surface area contributed by atoms with Crippen molar-refractivity contribution in [1.29, 1.82) is 0 Å². The van der Waals surface area contributed by atoms with Crippen molar-refractivity contribution in [1.82, 2.24) is 4.90 Å². The molecule has 1 aliphatic heterocycles. The topological polar surface area (TPSA) is 60.8 Å². The Hall–Kier alpha value is -1.67. The Labute approximate surface area is 124 Å². The Bertz CT molecular complexity index is 562. The molecule has 2 atom stereocenters. The summed E-state index contributed by atoms with van der Waals surface area (Å²) in [4.78, 5) is 12.6. The van der Waals surface area contributed by atoms with Crippen molar-refractivity contribution in [2.24, 2.45) is 5.92 Å². The van der Waals surface area contributed by atoms with Gasteiger partial charge in [-0.2, -0.15) is 13.2 Å². The summed E-state index contributed by atoms with van der Waals surface area (Å²) in [6.07, 6.45) is -5.41. The maximum absolute atomic E-state index is 13.3. The summed E-state index contributed by atoms with van der Waals surface area (Å²) in [5, 5.41) is 18.6. The van der Waals surface area contributed by atoms with Crippen LogP contribution in [-0.4, -0.2) is 40.3 Å². The molecule has 0 unspecified atom stereocenters. The molecule has 22 heavy (non-hydrogen) atoms. The van der Waals surface area contributed by atoms with Crippen molar-refractivity contribution in [3.8, 4) is 0 Å². The van der Waals surface area contributed by atoms with Crippen molar-refractivity contribution in [3.63, 3.8) is 0 Å². The zero-order valence-corrected chi connectivity index (χ0v) is 11.5. The highest BCUT2D eigenvalue weighted by molar-refractivity contribution is 5.71. The third kappa shape index (κ3) is 3.95. The molecule has 1 fully saturated rings. The van der Waals surface area contributed by atoms with Crippen LogP contribution in [0.2, 0.25) is 0 Å². The van der Waals surface area contributed by atoms with Gasteiger partial charge in [0.15, 0.2) is 0 Å². The molecule has 0 saturated carbocycles. The second-order valence-corrected chi connectivity index (χ2v) is 5.38. The maximum atomic E-state index is 13.3. The number of piperidine rings is 1. The quantitative estimate of drug-likeness (QED) is 0.837. The van der Waals surface area contributed by atoms with Gasteiger partial charge in [-0.1, -0.05) is 0 Å². The lowest BCUT2D eigenvalue weighted by Crippen LogP contribution is -2.46. The molecular weight excluding hydrogens is 306 g/mol. The third-order valence-electron chi connectivity index (χ3n) is 3.67. The Kier molecular flexibility index (Phi) is 4.72. The first-order chi connectivity index (χ1) is 10.2. The van der Waals surface area contributed by atoms with Crippen molar-refractivity contribution < 1.29 is 32.6 Å². The van der Waals surface area contributed by atoms with Gasteiger partial charge in [-0.3, -0.25) is 9.69 Å². The van der Waals surface area contributed by atoms with Crippen LogP contribution in [0, 0.1) is 11.7 Å². The standard InChI is InChI=1S/C14H15F4NO3/c15-10-4-8(3-9(5-10)14(16,17)18)6-19-2-1-12(20)11(7-19)13(21)22/h3-5,11-12,20H,1-2,6-7H2,(H,21,22)/t11-,12-/m0/s1. The lowest BCUT2D eigenvalue weighted by Gasteiger charge is -2.34. The maximum Gasteiger partial charge on any atom is 0.416 e. The number of alkyl halides is 3. The van der Waals surface area contributed by atoms with Crippen molar-refractivity contribution in [3.05, 3.63) is 35.1 Å². The van der Waals surface area contributed by atoms with Gasteiger partial charge >= 0.3 is 12.1 Å². The summed E-state index contributed by atoms with van der Waals surface area (Å²) < 4.78 is 51.3. The number of carboxylic acid groups (broad SMARTS) is 1. The lowest BCUT2D eigenvalue weighted by molar-refractivity contribution is -0.149. The molecule has 1 saturated heterocycles. The summed E-state index contributed by atoms with van der Waals surface area (Å²) in [7, 11) is 0. The molecule has 122 valence electrons. The van der Waals surface area contributed by atoms with E-state index in [9.17, 15) is 27.5 Å². The zero-order valence-electron chi connectivity index (χ0n) is 11.5. The number of hydrogen-bond donors (Lipinski definition) is 2. The third-order valence-corrected chi connectivity index (χ3v) is 3.67. The first kappa shape index (κ1) is 16.7. The average Bonchev–Trinajstić information content (AvgIpc) is 2.39. The van der Waals surface area contributed by atoms with Crippen molar-refractivity contribution in [2.75, 3.05) is 13.1 Å². The van der Waals surface area contributed by atoms with E-state index in [-0.39, 0.29) is 25.1 Å². The van der Waals surface area contributed by atoms with Crippen molar-refractivity contribution >= 4 is 5.97 Å². The predicted molar refractivity (Wildman–Crippen MR) is 68.4 cm³/mol. The average molecular weight is 321 g/mol. The Balaban J connectivity index is 2.14. The number of benzene rings is 1. The molecule has 0 spiro atoms. The van der Waals surface area contributed by atoms with Gasteiger partial charge in [0.05, 0.1) is 17.6 Å². The number of aliphatic hydroxyl groups excluding tert-OH is 1. The first-order valence-electron chi connectivity index (χ1n) is 6.66. The van der Waals surface area contributed by atoms with Crippen LogP contribution >= 0.6 is 0 Å². The largest absolute Gasteiger partial charge is 0.481 e. The monoisotopic (exact) mass is 321 g/mol. The van der Waals surface area contributed by atoms with Gasteiger partial charge in [-0.05, 0) is 30.2 Å². The molecule has 0 radical (unpaired) electrons. The predicted octanol–water partition coefficient (Wildman–Crippen LogP) is 2.11. The minimum atomic E-state index is -4.64. The van der Waals surface area contributed by atoms with Crippen LogP contribution in [0.1, 0.15) is 17.5 Å². The van der Waals surface area contributed by atoms with E-state index in [0.29, 0.717) is 12.6 Å². The fourth-order valence-corrected chi connectivity index (χ4v) is 2.56. The molecule has 4 nitrogen and oxygen atoms in total. The highest BCUT2D eigenvalue weighted by Crippen LogP contribution is 2.31. The van der Waals surface area contributed by atoms with Crippen LogP contribution in [0.3, 0.4) is 0 Å². The number of nitrogens with zero attached hydrogens (tertiary/aromatic N) is 1. The molecule has 1 aromatic rings. The fourth-order valence-electron chi connectivity index (χ4n) is 2.56. The Morgan fingerprint density at radius 2 is 2.00 bits per heavy atom. The molecule has 0 aliphatic carbocycles. The van der Waals surface area contributed by atoms with E-state index < -0.39 is 35.5 Å². The number of carbonyl (C=O) groups is 1. The van der Waals surface area contributed by atoms with Crippen LogP contribution in [0.25, 0.3) is 0 Å². The summed E-state index contributed by atoms with van der Waals surface area (Å²) in [6, 6.07) is 2.27. The molecule has 0 bridgehead atoms. The van der Waals surface area contributed by atoms with Gasteiger partial charge in [0.25, 0.3) is 0 Å². The van der Waals surface area contributed by atoms with E-state index in [1.54, 1.807) is 4.90 Å². The van der Waals surface area contributed by atoms with Crippen LogP contribution in [0.4, 0.5) is 17.6 Å².